The van der Waals surface area contributed by atoms with Gasteiger partial charge < -0.3 is 9.80 Å². The molecular weight excluding hydrogens is 332 g/mol. The van der Waals surface area contributed by atoms with Crippen molar-refractivity contribution in [3.63, 3.8) is 0 Å². The number of rotatable bonds is 8. The molecule has 0 unspecified atom stereocenters. The van der Waals surface area contributed by atoms with E-state index in [1.165, 1.54) is 0 Å². The number of anilines is 2. The molecule has 0 aliphatic heterocycles. The van der Waals surface area contributed by atoms with Crippen LogP contribution < -0.4 is 9.80 Å². The Morgan fingerprint density at radius 2 is 0.880 bits per heavy atom. The van der Waals surface area contributed by atoms with Crippen molar-refractivity contribution >= 4 is 21.2 Å². The summed E-state index contributed by atoms with van der Waals surface area (Å²) < 4.78 is 25.7. The fourth-order valence-corrected chi connectivity index (χ4v) is 4.25. The molecule has 0 aliphatic carbocycles. The second kappa shape index (κ2) is 8.39. The van der Waals surface area contributed by atoms with E-state index in [4.69, 9.17) is 0 Å². The molecule has 2 aromatic carbocycles. The minimum Gasteiger partial charge on any atom is -0.372 e. The first-order chi connectivity index (χ1) is 12.0. The van der Waals surface area contributed by atoms with Crippen molar-refractivity contribution in [3.05, 3.63) is 48.5 Å². The summed E-state index contributed by atoms with van der Waals surface area (Å²) in [7, 11) is -3.49. The maximum atomic E-state index is 12.8. The molecule has 0 spiro atoms. The lowest BCUT2D eigenvalue weighted by Gasteiger charge is -2.21. The average molecular weight is 361 g/mol. The second-order valence-electron chi connectivity index (χ2n) is 5.84. The Morgan fingerprint density at radius 1 is 0.600 bits per heavy atom. The molecule has 4 nitrogen and oxygen atoms in total. The lowest BCUT2D eigenvalue weighted by Crippen LogP contribution is -2.21. The Labute approximate surface area is 152 Å². The van der Waals surface area contributed by atoms with Crippen LogP contribution in [0.3, 0.4) is 0 Å². The fraction of sp³-hybridized carbons (Fsp3) is 0.400. The van der Waals surface area contributed by atoms with Gasteiger partial charge in [0.1, 0.15) is 0 Å². The van der Waals surface area contributed by atoms with Gasteiger partial charge in [-0.2, -0.15) is 0 Å². The molecule has 0 aromatic heterocycles. The number of hydrogen-bond donors (Lipinski definition) is 0. The molecule has 0 saturated heterocycles. The summed E-state index contributed by atoms with van der Waals surface area (Å²) in [4.78, 5) is 5.04. The van der Waals surface area contributed by atoms with Gasteiger partial charge in [-0.25, -0.2) is 8.42 Å². The maximum absolute atomic E-state index is 12.8. The van der Waals surface area contributed by atoms with Gasteiger partial charge in [-0.3, -0.25) is 0 Å². The molecule has 136 valence electrons. The number of sulfone groups is 1. The number of hydrogen-bond acceptors (Lipinski definition) is 4. The van der Waals surface area contributed by atoms with Gasteiger partial charge in [0.2, 0.25) is 9.84 Å². The largest absolute Gasteiger partial charge is 0.372 e. The second-order valence-corrected chi connectivity index (χ2v) is 7.79. The molecule has 25 heavy (non-hydrogen) atoms. The van der Waals surface area contributed by atoms with Crippen molar-refractivity contribution in [2.24, 2.45) is 0 Å². The first kappa shape index (κ1) is 19.3. The number of nitrogens with zero attached hydrogens (tertiary/aromatic N) is 2. The summed E-state index contributed by atoms with van der Waals surface area (Å²) in [6.45, 7) is 11.9. The zero-order valence-corrected chi connectivity index (χ0v) is 16.4. The first-order valence-corrected chi connectivity index (χ1v) is 10.4. The van der Waals surface area contributed by atoms with E-state index in [0.717, 1.165) is 37.6 Å². The highest BCUT2D eigenvalue weighted by atomic mass is 32.2. The van der Waals surface area contributed by atoms with Crippen LogP contribution in [0.1, 0.15) is 27.7 Å². The van der Waals surface area contributed by atoms with Crippen LogP contribution in [-0.4, -0.2) is 34.6 Å². The van der Waals surface area contributed by atoms with Crippen LogP contribution in [0.25, 0.3) is 0 Å². The lowest BCUT2D eigenvalue weighted by molar-refractivity contribution is 0.596. The topological polar surface area (TPSA) is 40.6 Å². The predicted octanol–water partition coefficient (Wildman–Crippen LogP) is 4.21. The van der Waals surface area contributed by atoms with Crippen molar-refractivity contribution in [1.29, 1.82) is 0 Å². The van der Waals surface area contributed by atoms with E-state index in [0.29, 0.717) is 9.79 Å². The maximum Gasteiger partial charge on any atom is 0.206 e. The van der Waals surface area contributed by atoms with Crippen molar-refractivity contribution < 1.29 is 8.42 Å². The Kier molecular flexibility index (Phi) is 6.48. The highest BCUT2D eigenvalue weighted by Crippen LogP contribution is 2.25. The van der Waals surface area contributed by atoms with E-state index in [9.17, 15) is 8.42 Å². The Hall–Kier alpha value is -2.01. The minimum atomic E-state index is -3.49. The summed E-state index contributed by atoms with van der Waals surface area (Å²) in [6.07, 6.45) is 0. The van der Waals surface area contributed by atoms with E-state index in [1.54, 1.807) is 24.3 Å². The lowest BCUT2D eigenvalue weighted by atomic mass is 10.3. The molecule has 2 rings (SSSR count). The van der Waals surface area contributed by atoms with E-state index in [-0.39, 0.29) is 0 Å². The van der Waals surface area contributed by atoms with Gasteiger partial charge in [0.25, 0.3) is 0 Å². The highest BCUT2D eigenvalue weighted by Gasteiger charge is 2.18. The molecule has 0 heterocycles. The van der Waals surface area contributed by atoms with Crippen LogP contribution in [0.4, 0.5) is 11.4 Å². The Morgan fingerprint density at radius 3 is 1.12 bits per heavy atom. The monoisotopic (exact) mass is 360 g/mol. The first-order valence-electron chi connectivity index (χ1n) is 8.92. The Bertz CT molecular complexity index is 699. The van der Waals surface area contributed by atoms with E-state index >= 15 is 0 Å². The normalized spacial score (nSPS) is 11.4. The molecule has 0 bridgehead atoms. The molecule has 2 aromatic rings. The average Bonchev–Trinajstić information content (AvgIpc) is 2.65. The summed E-state index contributed by atoms with van der Waals surface area (Å²) in [5, 5.41) is 0. The molecule has 0 atom stereocenters. The standard InChI is InChI=1S/C20H28N2O2S/c1-5-21(6-2)17-9-13-19(14-10-17)25(23,24)20-15-11-18(12-16-20)22(7-3)8-4/h9-16H,5-8H2,1-4H3. The molecule has 5 heteroatoms. The predicted molar refractivity (Wildman–Crippen MR) is 105 cm³/mol. The van der Waals surface area contributed by atoms with Gasteiger partial charge in [0.05, 0.1) is 9.79 Å². The van der Waals surface area contributed by atoms with Crippen LogP contribution >= 0.6 is 0 Å². The van der Waals surface area contributed by atoms with Crippen molar-refractivity contribution in [3.8, 4) is 0 Å². The van der Waals surface area contributed by atoms with E-state index in [1.807, 2.05) is 24.3 Å². The smallest absolute Gasteiger partial charge is 0.206 e. The molecule has 0 saturated carbocycles. The fourth-order valence-electron chi connectivity index (χ4n) is 2.99. The molecule has 0 radical (unpaired) electrons. The van der Waals surface area contributed by atoms with Crippen LogP contribution in [-0.2, 0) is 9.84 Å². The molecule has 0 N–H and O–H groups in total. The van der Waals surface area contributed by atoms with Gasteiger partial charge >= 0.3 is 0 Å². The zero-order chi connectivity index (χ0) is 18.4. The van der Waals surface area contributed by atoms with Gasteiger partial charge in [-0.15, -0.1) is 0 Å². The summed E-state index contributed by atoms with van der Waals surface area (Å²) >= 11 is 0. The quantitative estimate of drug-likeness (QED) is 0.707. The Balaban J connectivity index is 2.29. The van der Waals surface area contributed by atoms with Gasteiger partial charge in [-0.1, -0.05) is 0 Å². The van der Waals surface area contributed by atoms with Crippen molar-refractivity contribution in [2.45, 2.75) is 37.5 Å². The molecule has 0 amide bonds. The minimum absolute atomic E-state index is 0.332. The molecule has 0 fully saturated rings. The van der Waals surface area contributed by atoms with E-state index in [2.05, 4.69) is 37.5 Å². The van der Waals surface area contributed by atoms with Gasteiger partial charge in [0, 0.05) is 37.6 Å². The van der Waals surface area contributed by atoms with Crippen LogP contribution in [0, 0.1) is 0 Å². The third-order valence-corrected chi connectivity index (χ3v) is 6.34. The highest BCUT2D eigenvalue weighted by molar-refractivity contribution is 7.91. The summed E-state index contributed by atoms with van der Waals surface area (Å²) in [5.41, 5.74) is 2.08. The molecular formula is C20H28N2O2S. The summed E-state index contributed by atoms with van der Waals surface area (Å²) in [6, 6.07) is 14.3. The summed E-state index contributed by atoms with van der Waals surface area (Å²) in [5.74, 6) is 0. The van der Waals surface area contributed by atoms with Crippen LogP contribution in [0.2, 0.25) is 0 Å². The SMILES string of the molecule is CCN(CC)c1ccc(S(=O)(=O)c2ccc(N(CC)CC)cc2)cc1. The van der Waals surface area contributed by atoms with Crippen LogP contribution in [0.5, 0.6) is 0 Å². The zero-order valence-electron chi connectivity index (χ0n) is 15.6. The van der Waals surface area contributed by atoms with E-state index < -0.39 is 9.84 Å². The van der Waals surface area contributed by atoms with Crippen LogP contribution in [0.15, 0.2) is 58.3 Å². The third kappa shape index (κ3) is 4.15. The number of benzene rings is 2. The molecule has 0 aliphatic rings. The third-order valence-electron chi connectivity index (χ3n) is 4.55. The van der Waals surface area contributed by atoms with Crippen molar-refractivity contribution in [2.75, 3.05) is 36.0 Å². The van der Waals surface area contributed by atoms with Gasteiger partial charge in [-0.05, 0) is 76.2 Å². The van der Waals surface area contributed by atoms with Crippen molar-refractivity contribution in [1.82, 2.24) is 0 Å². The van der Waals surface area contributed by atoms with Gasteiger partial charge in [0.15, 0.2) is 0 Å².